The lowest BCUT2D eigenvalue weighted by Gasteiger charge is -2.44. The second kappa shape index (κ2) is 7.36. The predicted molar refractivity (Wildman–Crippen MR) is 102 cm³/mol. The molecule has 1 aliphatic rings. The van der Waals surface area contributed by atoms with Gasteiger partial charge in [0.1, 0.15) is 17.5 Å². The number of ether oxygens (including phenoxy) is 1. The Morgan fingerprint density at radius 3 is 2.30 bits per heavy atom. The van der Waals surface area contributed by atoms with Gasteiger partial charge in [0.15, 0.2) is 0 Å². The Morgan fingerprint density at radius 1 is 1.13 bits per heavy atom. The lowest BCUT2D eigenvalue weighted by atomic mass is 9.85. The van der Waals surface area contributed by atoms with Crippen molar-refractivity contribution in [3.8, 4) is 5.75 Å². The predicted octanol–water partition coefficient (Wildman–Crippen LogP) is 3.33. The molecule has 0 radical (unpaired) electrons. The molecule has 0 spiro atoms. The quantitative estimate of drug-likeness (QED) is 0.733. The molecule has 3 rings (SSSR count). The van der Waals surface area contributed by atoms with Crippen molar-refractivity contribution < 1.29 is 36.2 Å². The van der Waals surface area contributed by atoms with Gasteiger partial charge in [0.05, 0.1) is 10.9 Å². The normalized spacial score (nSPS) is 21.1. The number of Topliss-reactive ketones (excluding diaryl/α,β-unsaturated/α-hetero) is 1. The molecule has 0 aliphatic carbocycles. The summed E-state index contributed by atoms with van der Waals surface area (Å²) in [5.41, 5.74) is -1.94. The lowest BCUT2D eigenvalue weighted by Crippen LogP contribution is -2.53. The molecule has 30 heavy (non-hydrogen) atoms. The molecule has 0 unspecified atom stereocenters. The van der Waals surface area contributed by atoms with E-state index in [0.29, 0.717) is 0 Å². The molecule has 0 saturated carbocycles. The van der Waals surface area contributed by atoms with Crippen LogP contribution in [0.1, 0.15) is 35.8 Å². The highest BCUT2D eigenvalue weighted by Gasteiger charge is 2.48. The maximum absolute atomic E-state index is 13.1. The van der Waals surface area contributed by atoms with Gasteiger partial charge in [-0.15, -0.1) is 0 Å². The number of aliphatic hydroxyl groups excluding tert-OH is 1. The van der Waals surface area contributed by atoms with Gasteiger partial charge >= 0.3 is 6.18 Å². The Balaban J connectivity index is 2.15. The van der Waals surface area contributed by atoms with E-state index in [1.54, 1.807) is 6.07 Å². The van der Waals surface area contributed by atoms with E-state index in [4.69, 9.17) is 4.74 Å². The molecule has 0 aromatic heterocycles. The average Bonchev–Trinajstić information content (AvgIpc) is 2.67. The molecular formula is C20H20F3NO5S. The number of halogens is 3. The van der Waals surface area contributed by atoms with E-state index >= 15 is 0 Å². The van der Waals surface area contributed by atoms with E-state index in [-0.39, 0.29) is 16.2 Å². The van der Waals surface area contributed by atoms with Gasteiger partial charge in [-0.1, -0.05) is 18.2 Å². The smallest absolute Gasteiger partial charge is 0.454 e. The van der Waals surface area contributed by atoms with E-state index < -0.39 is 45.3 Å². The third kappa shape index (κ3) is 3.82. The van der Waals surface area contributed by atoms with E-state index in [9.17, 15) is 31.5 Å². The van der Waals surface area contributed by atoms with Gasteiger partial charge in [-0.3, -0.25) is 4.79 Å². The van der Waals surface area contributed by atoms with Gasteiger partial charge in [-0.25, -0.2) is 8.42 Å². The van der Waals surface area contributed by atoms with Crippen molar-refractivity contribution in [1.29, 1.82) is 0 Å². The number of carbonyl (C=O) groups excluding carboxylic acids is 1. The van der Waals surface area contributed by atoms with Crippen molar-refractivity contribution in [3.05, 3.63) is 59.7 Å². The van der Waals surface area contributed by atoms with Crippen molar-refractivity contribution >= 4 is 15.8 Å². The highest BCUT2D eigenvalue weighted by Crippen LogP contribution is 2.44. The second-order valence-electron chi connectivity index (χ2n) is 7.51. The molecule has 10 heteroatoms. The minimum Gasteiger partial charge on any atom is -0.485 e. The van der Waals surface area contributed by atoms with Crippen LogP contribution >= 0.6 is 0 Å². The number of ketones is 1. The summed E-state index contributed by atoms with van der Waals surface area (Å²) in [4.78, 5) is 11.6. The zero-order valence-corrected chi connectivity index (χ0v) is 17.2. The number of carbonyl (C=O) groups is 1. The minimum absolute atomic E-state index is 0.0288. The van der Waals surface area contributed by atoms with Gasteiger partial charge in [-0.05, 0) is 44.2 Å². The van der Waals surface area contributed by atoms with Crippen LogP contribution in [-0.2, 0) is 10.0 Å². The lowest BCUT2D eigenvalue weighted by molar-refractivity contribution is -0.0887. The summed E-state index contributed by atoms with van der Waals surface area (Å²) >= 11 is 0. The van der Waals surface area contributed by atoms with Crippen molar-refractivity contribution in [2.45, 2.75) is 42.7 Å². The van der Waals surface area contributed by atoms with Crippen LogP contribution in [0.2, 0.25) is 0 Å². The molecule has 162 valence electrons. The Hall–Kier alpha value is -2.43. The van der Waals surface area contributed by atoms with Crippen molar-refractivity contribution in [2.24, 2.45) is 0 Å². The maximum Gasteiger partial charge on any atom is 0.454 e. The summed E-state index contributed by atoms with van der Waals surface area (Å²) in [5.74, 6) is -1.99. The van der Waals surface area contributed by atoms with E-state index in [2.05, 4.69) is 0 Å². The van der Waals surface area contributed by atoms with Crippen molar-refractivity contribution in [3.63, 3.8) is 0 Å². The molecule has 0 fully saturated rings. The standard InChI is InChI=1S/C20H20F3NO5S/c1-19(2)18(26)16(24(3)30(27,28)13-7-5-4-6-8-13)14-11-12(9-10-15(14)29-19)17(25)20(21,22)23/h4-11,16,18,26H,1-3H3/t16-,18+/m0/s1. The van der Waals surface area contributed by atoms with Crippen LogP contribution in [0.25, 0.3) is 0 Å². The number of aliphatic hydroxyl groups is 1. The van der Waals surface area contributed by atoms with Crippen molar-refractivity contribution in [1.82, 2.24) is 4.31 Å². The first-order chi connectivity index (χ1) is 13.8. The molecule has 1 aliphatic heterocycles. The first kappa shape index (κ1) is 22.3. The summed E-state index contributed by atoms with van der Waals surface area (Å²) in [6, 6.07) is 9.21. The van der Waals surface area contributed by atoms with Gasteiger partial charge < -0.3 is 9.84 Å². The molecule has 1 heterocycles. The zero-order valence-electron chi connectivity index (χ0n) is 16.3. The number of sulfonamides is 1. The number of nitrogens with zero attached hydrogens (tertiary/aromatic N) is 1. The number of benzene rings is 2. The maximum atomic E-state index is 13.1. The van der Waals surface area contributed by atoms with Gasteiger partial charge in [-0.2, -0.15) is 17.5 Å². The van der Waals surface area contributed by atoms with E-state index in [1.807, 2.05) is 0 Å². The third-order valence-electron chi connectivity index (χ3n) is 5.04. The number of likely N-dealkylation sites (N-methyl/N-ethyl adjacent to an activating group) is 1. The monoisotopic (exact) mass is 443 g/mol. The Labute approximate surface area is 171 Å². The largest absolute Gasteiger partial charge is 0.485 e. The third-order valence-corrected chi connectivity index (χ3v) is 6.90. The van der Waals surface area contributed by atoms with Crippen LogP contribution in [0.5, 0.6) is 5.75 Å². The molecule has 0 amide bonds. The fraction of sp³-hybridized carbons (Fsp3) is 0.350. The minimum atomic E-state index is -5.10. The van der Waals surface area contributed by atoms with Gasteiger partial charge in [0.2, 0.25) is 10.0 Å². The van der Waals surface area contributed by atoms with Crippen LogP contribution in [0.15, 0.2) is 53.4 Å². The number of rotatable bonds is 4. The molecular weight excluding hydrogens is 423 g/mol. The molecule has 2 aromatic rings. The fourth-order valence-corrected chi connectivity index (χ4v) is 4.74. The number of hydrogen-bond acceptors (Lipinski definition) is 5. The summed E-state index contributed by atoms with van der Waals surface area (Å²) in [7, 11) is -2.89. The number of hydrogen-bond donors (Lipinski definition) is 1. The van der Waals surface area contributed by atoms with E-state index in [1.165, 1.54) is 51.2 Å². The fourth-order valence-electron chi connectivity index (χ4n) is 3.37. The van der Waals surface area contributed by atoms with Crippen LogP contribution in [0.4, 0.5) is 13.2 Å². The SMILES string of the molecule is CN([C@H]1c2cc(C(=O)C(F)(F)F)ccc2OC(C)(C)[C@@H]1O)S(=O)(=O)c1ccccc1. The molecule has 6 nitrogen and oxygen atoms in total. The summed E-state index contributed by atoms with van der Waals surface area (Å²) in [6.07, 6.45) is -6.52. The Bertz CT molecular complexity index is 1070. The first-order valence-corrected chi connectivity index (χ1v) is 10.4. The van der Waals surface area contributed by atoms with Crippen LogP contribution in [0.3, 0.4) is 0 Å². The first-order valence-electron chi connectivity index (χ1n) is 8.92. The molecule has 0 saturated heterocycles. The van der Waals surface area contributed by atoms with Gasteiger partial charge in [0, 0.05) is 18.2 Å². The van der Waals surface area contributed by atoms with Crippen LogP contribution in [-0.4, -0.2) is 48.5 Å². The molecule has 1 N–H and O–H groups in total. The molecule has 0 bridgehead atoms. The highest BCUT2D eigenvalue weighted by molar-refractivity contribution is 7.89. The van der Waals surface area contributed by atoms with E-state index in [0.717, 1.165) is 16.4 Å². The summed E-state index contributed by atoms with van der Waals surface area (Å²) < 4.78 is 71.5. The molecule has 2 atom stereocenters. The number of fused-ring (bicyclic) bond motifs is 1. The Kier molecular flexibility index (Phi) is 5.46. The Morgan fingerprint density at radius 2 is 1.73 bits per heavy atom. The van der Waals surface area contributed by atoms with Gasteiger partial charge in [0.25, 0.3) is 5.78 Å². The van der Waals surface area contributed by atoms with Crippen LogP contribution in [0, 0.1) is 0 Å². The summed E-state index contributed by atoms with van der Waals surface area (Å²) in [6.45, 7) is 3.07. The topological polar surface area (TPSA) is 83.9 Å². The second-order valence-corrected chi connectivity index (χ2v) is 9.51. The average molecular weight is 443 g/mol. The molecule has 2 aromatic carbocycles. The van der Waals surface area contributed by atoms with Crippen LogP contribution < -0.4 is 4.74 Å². The van der Waals surface area contributed by atoms with Crippen molar-refractivity contribution in [2.75, 3.05) is 7.05 Å². The number of alkyl halides is 3. The zero-order chi connectivity index (χ0) is 22.5. The highest BCUT2D eigenvalue weighted by atomic mass is 32.2. The summed E-state index contributed by atoms with van der Waals surface area (Å²) in [5, 5.41) is 10.9.